The quantitative estimate of drug-likeness (QED) is 0.838. The average Bonchev–Trinajstić information content (AvgIpc) is 3.25. The van der Waals surface area contributed by atoms with Crippen LogP contribution >= 0.6 is 0 Å². The molecule has 0 aliphatic carbocycles. The molecule has 0 unspecified atom stereocenters. The van der Waals surface area contributed by atoms with Crippen molar-refractivity contribution >= 4 is 17.3 Å². The van der Waals surface area contributed by atoms with Crippen molar-refractivity contribution in [2.75, 3.05) is 49.1 Å². The number of carbonyl (C=O) groups excluding carboxylic acids is 1. The molecule has 5 heteroatoms. The minimum absolute atomic E-state index is 0.0683. The number of rotatable bonds is 3. The highest BCUT2D eigenvalue weighted by molar-refractivity contribution is 5.92. The Morgan fingerprint density at radius 3 is 2.26 bits per heavy atom. The fourth-order valence-electron chi connectivity index (χ4n) is 4.07. The molecule has 1 amide bonds. The molecule has 5 nitrogen and oxygen atoms in total. The monoisotopic (exact) mass is 364 g/mol. The fourth-order valence-corrected chi connectivity index (χ4v) is 4.07. The molecule has 2 aliphatic rings. The number of anilines is 2. The second-order valence-electron chi connectivity index (χ2n) is 7.59. The van der Waals surface area contributed by atoms with E-state index >= 15 is 0 Å². The van der Waals surface area contributed by atoms with Gasteiger partial charge in [0.2, 0.25) is 0 Å². The van der Waals surface area contributed by atoms with Crippen molar-refractivity contribution in [3.8, 4) is 0 Å². The number of aromatic nitrogens is 1. The average molecular weight is 364 g/mol. The minimum Gasteiger partial charge on any atom is -0.368 e. The van der Waals surface area contributed by atoms with E-state index in [-0.39, 0.29) is 5.91 Å². The number of hydrogen-bond acceptors (Lipinski definition) is 4. The Morgan fingerprint density at radius 2 is 1.59 bits per heavy atom. The van der Waals surface area contributed by atoms with Gasteiger partial charge in [0.1, 0.15) is 5.69 Å². The Balaban J connectivity index is 1.39. The van der Waals surface area contributed by atoms with E-state index in [1.165, 1.54) is 16.8 Å². The van der Waals surface area contributed by atoms with Gasteiger partial charge in [0.25, 0.3) is 5.91 Å². The van der Waals surface area contributed by atoms with Crippen molar-refractivity contribution in [2.24, 2.45) is 0 Å². The zero-order valence-electron chi connectivity index (χ0n) is 16.3. The normalized spacial score (nSPS) is 17.5. The van der Waals surface area contributed by atoms with Gasteiger partial charge in [0.05, 0.1) is 11.9 Å². The van der Waals surface area contributed by atoms with Crippen LogP contribution in [0.4, 0.5) is 11.4 Å². The molecule has 0 saturated carbocycles. The summed E-state index contributed by atoms with van der Waals surface area (Å²) in [7, 11) is 0. The number of amides is 1. The first-order valence-corrected chi connectivity index (χ1v) is 9.95. The van der Waals surface area contributed by atoms with Gasteiger partial charge >= 0.3 is 0 Å². The largest absolute Gasteiger partial charge is 0.368 e. The number of carbonyl (C=O) groups is 1. The van der Waals surface area contributed by atoms with Crippen molar-refractivity contribution in [3.05, 3.63) is 53.3 Å². The predicted molar refractivity (Wildman–Crippen MR) is 110 cm³/mol. The molecule has 0 bridgehead atoms. The summed E-state index contributed by atoms with van der Waals surface area (Å²) in [5, 5.41) is 0. The molecular weight excluding hydrogens is 336 g/mol. The van der Waals surface area contributed by atoms with Crippen molar-refractivity contribution in [3.63, 3.8) is 0 Å². The Labute approximate surface area is 161 Å². The molecule has 1 aromatic heterocycles. The third-order valence-electron chi connectivity index (χ3n) is 5.92. The summed E-state index contributed by atoms with van der Waals surface area (Å²) in [5.74, 6) is 0.0683. The molecular formula is C22H28N4O. The van der Waals surface area contributed by atoms with Gasteiger partial charge in [-0.15, -0.1) is 0 Å². The minimum atomic E-state index is 0.0683. The van der Waals surface area contributed by atoms with Crippen LogP contribution in [0.15, 0.2) is 36.5 Å². The van der Waals surface area contributed by atoms with E-state index in [1.807, 2.05) is 23.2 Å². The van der Waals surface area contributed by atoms with E-state index in [4.69, 9.17) is 0 Å². The Hall–Kier alpha value is -2.56. The number of likely N-dealkylation sites (tertiary alicyclic amines) is 1. The lowest BCUT2D eigenvalue weighted by atomic mass is 10.1. The van der Waals surface area contributed by atoms with Crippen molar-refractivity contribution < 1.29 is 4.79 Å². The lowest BCUT2D eigenvalue weighted by Gasteiger charge is -2.38. The Morgan fingerprint density at radius 1 is 0.889 bits per heavy atom. The molecule has 0 N–H and O–H groups in total. The zero-order chi connectivity index (χ0) is 18.8. The second-order valence-corrected chi connectivity index (χ2v) is 7.59. The van der Waals surface area contributed by atoms with E-state index in [0.717, 1.165) is 57.8 Å². The van der Waals surface area contributed by atoms with Gasteiger partial charge in [-0.1, -0.05) is 12.1 Å². The molecule has 3 heterocycles. The molecule has 27 heavy (non-hydrogen) atoms. The number of piperazine rings is 1. The van der Waals surface area contributed by atoms with Crippen LogP contribution in [0.25, 0.3) is 0 Å². The number of hydrogen-bond donors (Lipinski definition) is 0. The smallest absolute Gasteiger partial charge is 0.272 e. The van der Waals surface area contributed by atoms with Crippen LogP contribution in [0.2, 0.25) is 0 Å². The maximum Gasteiger partial charge on any atom is 0.272 e. The molecule has 2 saturated heterocycles. The molecule has 142 valence electrons. The standard InChI is InChI=1S/C22H28N4O/c1-17-6-5-7-21(18(17)2)25-14-12-24(13-15-25)19-8-9-20(23-16-19)22(27)26-10-3-4-11-26/h5-9,16H,3-4,10-15H2,1-2H3. The topological polar surface area (TPSA) is 39.7 Å². The lowest BCUT2D eigenvalue weighted by molar-refractivity contribution is 0.0787. The summed E-state index contributed by atoms with van der Waals surface area (Å²) in [4.78, 5) is 23.6. The summed E-state index contributed by atoms with van der Waals surface area (Å²) < 4.78 is 0. The van der Waals surface area contributed by atoms with E-state index in [2.05, 4.69) is 46.8 Å². The summed E-state index contributed by atoms with van der Waals surface area (Å²) in [6, 6.07) is 10.5. The molecule has 2 aliphatic heterocycles. The Kier molecular flexibility index (Phi) is 5.01. The first-order chi connectivity index (χ1) is 13.1. The van der Waals surface area contributed by atoms with Gasteiger partial charge in [-0.25, -0.2) is 4.98 Å². The zero-order valence-corrected chi connectivity index (χ0v) is 16.3. The van der Waals surface area contributed by atoms with Gasteiger partial charge in [-0.05, 0) is 56.0 Å². The van der Waals surface area contributed by atoms with Crippen LogP contribution < -0.4 is 9.80 Å². The van der Waals surface area contributed by atoms with Gasteiger partial charge in [0.15, 0.2) is 0 Å². The SMILES string of the molecule is Cc1cccc(N2CCN(c3ccc(C(=O)N4CCCC4)nc3)CC2)c1C. The third kappa shape index (κ3) is 3.64. The van der Waals surface area contributed by atoms with Gasteiger partial charge in [-0.2, -0.15) is 0 Å². The van der Waals surface area contributed by atoms with Crippen LogP contribution in [0.5, 0.6) is 0 Å². The van der Waals surface area contributed by atoms with E-state index in [9.17, 15) is 4.79 Å². The second kappa shape index (κ2) is 7.59. The first-order valence-electron chi connectivity index (χ1n) is 9.95. The number of nitrogens with zero attached hydrogens (tertiary/aromatic N) is 4. The maximum atomic E-state index is 12.4. The van der Waals surface area contributed by atoms with Crippen molar-refractivity contribution in [1.29, 1.82) is 0 Å². The lowest BCUT2D eigenvalue weighted by Crippen LogP contribution is -2.46. The summed E-state index contributed by atoms with van der Waals surface area (Å²) >= 11 is 0. The first kappa shape index (κ1) is 17.8. The van der Waals surface area contributed by atoms with Crippen LogP contribution in [0.3, 0.4) is 0 Å². The van der Waals surface area contributed by atoms with Crippen molar-refractivity contribution in [1.82, 2.24) is 9.88 Å². The summed E-state index contributed by atoms with van der Waals surface area (Å²) in [6.07, 6.45) is 4.07. The molecule has 0 radical (unpaired) electrons. The van der Waals surface area contributed by atoms with Crippen LogP contribution in [-0.4, -0.2) is 55.1 Å². The van der Waals surface area contributed by atoms with E-state index < -0.39 is 0 Å². The van der Waals surface area contributed by atoms with Crippen LogP contribution in [0, 0.1) is 13.8 Å². The molecule has 2 fully saturated rings. The highest BCUT2D eigenvalue weighted by Crippen LogP contribution is 2.25. The molecule has 4 rings (SSSR count). The summed E-state index contributed by atoms with van der Waals surface area (Å²) in [5.41, 5.74) is 5.73. The van der Waals surface area contributed by atoms with E-state index in [0.29, 0.717) is 5.69 Å². The molecule has 2 aromatic rings. The van der Waals surface area contributed by atoms with E-state index in [1.54, 1.807) is 0 Å². The van der Waals surface area contributed by atoms with Crippen molar-refractivity contribution in [2.45, 2.75) is 26.7 Å². The fraction of sp³-hybridized carbons (Fsp3) is 0.455. The molecule has 1 aromatic carbocycles. The maximum absolute atomic E-state index is 12.4. The highest BCUT2D eigenvalue weighted by Gasteiger charge is 2.22. The van der Waals surface area contributed by atoms with Crippen LogP contribution in [0.1, 0.15) is 34.5 Å². The summed E-state index contributed by atoms with van der Waals surface area (Å²) in [6.45, 7) is 10.0. The highest BCUT2D eigenvalue weighted by atomic mass is 16.2. The van der Waals surface area contributed by atoms with Gasteiger partial charge in [0, 0.05) is 45.0 Å². The van der Waals surface area contributed by atoms with Crippen LogP contribution in [-0.2, 0) is 0 Å². The van der Waals surface area contributed by atoms with Gasteiger partial charge in [-0.3, -0.25) is 4.79 Å². The molecule has 0 spiro atoms. The third-order valence-corrected chi connectivity index (χ3v) is 5.92. The van der Waals surface area contributed by atoms with Gasteiger partial charge < -0.3 is 14.7 Å². The predicted octanol–water partition coefficient (Wildman–Crippen LogP) is 3.26. The number of aryl methyl sites for hydroxylation is 1. The molecule has 0 atom stereocenters. The number of benzene rings is 1. The Bertz CT molecular complexity index is 804. The number of pyridine rings is 1.